The molecule has 1 aromatic heterocycles. The minimum atomic E-state index is -0.572. The highest BCUT2D eigenvalue weighted by Crippen LogP contribution is 2.26. The van der Waals surface area contributed by atoms with Crippen molar-refractivity contribution in [3.8, 4) is 0 Å². The van der Waals surface area contributed by atoms with Crippen molar-refractivity contribution < 1.29 is 14.3 Å². The molecule has 1 aliphatic rings. The topological polar surface area (TPSA) is 62.7 Å². The van der Waals surface area contributed by atoms with Crippen molar-refractivity contribution in [1.82, 2.24) is 9.27 Å². The van der Waals surface area contributed by atoms with Gasteiger partial charge in [-0.15, -0.1) is 0 Å². The third-order valence-electron chi connectivity index (χ3n) is 3.92. The number of anilines is 1. The van der Waals surface area contributed by atoms with E-state index in [-0.39, 0.29) is 5.91 Å². The van der Waals surface area contributed by atoms with E-state index < -0.39 is 17.7 Å². The van der Waals surface area contributed by atoms with Gasteiger partial charge >= 0.3 is 6.09 Å². The smallest absolute Gasteiger partial charge is 0.410 e. The van der Waals surface area contributed by atoms with Crippen molar-refractivity contribution in [3.63, 3.8) is 0 Å². The van der Waals surface area contributed by atoms with Crippen molar-refractivity contribution in [2.45, 2.75) is 65.5 Å². The van der Waals surface area contributed by atoms with Crippen molar-refractivity contribution in [1.29, 1.82) is 0 Å². The monoisotopic (exact) mass is 367 g/mol. The molecule has 1 atom stereocenters. The van der Waals surface area contributed by atoms with Crippen molar-refractivity contribution in [2.75, 3.05) is 18.0 Å². The minimum absolute atomic E-state index is 0.0384. The van der Waals surface area contributed by atoms with E-state index in [0.717, 1.165) is 17.8 Å². The second-order valence-electron chi connectivity index (χ2n) is 7.88. The minimum Gasteiger partial charge on any atom is -0.444 e. The lowest BCUT2D eigenvalue weighted by Crippen LogP contribution is -2.54. The Hall–Kier alpha value is -1.63. The van der Waals surface area contributed by atoms with Crippen LogP contribution in [0.4, 0.5) is 9.80 Å². The van der Waals surface area contributed by atoms with Crippen LogP contribution in [0.15, 0.2) is 12.3 Å². The molecule has 0 saturated carbocycles. The van der Waals surface area contributed by atoms with Gasteiger partial charge in [-0.1, -0.05) is 13.8 Å². The standard InChI is InChI=1S/C18H29N3O3S/c1-13(2)12-21(15-9-10-19-25-15)16(22)14-8-6-7-11-20(14)17(23)24-18(3,4)5/h9-10,13-14H,6-8,11-12H2,1-5H3. The van der Waals surface area contributed by atoms with Gasteiger partial charge in [0.15, 0.2) is 0 Å². The molecule has 0 aromatic carbocycles. The van der Waals surface area contributed by atoms with E-state index >= 15 is 0 Å². The fourth-order valence-electron chi connectivity index (χ4n) is 2.91. The summed E-state index contributed by atoms with van der Waals surface area (Å²) < 4.78 is 9.64. The molecule has 2 rings (SSSR count). The van der Waals surface area contributed by atoms with Gasteiger partial charge in [0.25, 0.3) is 5.91 Å². The largest absolute Gasteiger partial charge is 0.444 e. The maximum absolute atomic E-state index is 13.3. The molecule has 0 spiro atoms. The number of amides is 2. The summed E-state index contributed by atoms with van der Waals surface area (Å²) in [5.74, 6) is 0.285. The third kappa shape index (κ3) is 5.42. The quantitative estimate of drug-likeness (QED) is 0.809. The van der Waals surface area contributed by atoms with E-state index in [9.17, 15) is 9.59 Å². The van der Waals surface area contributed by atoms with Crippen LogP contribution in [-0.4, -0.2) is 46.0 Å². The summed E-state index contributed by atoms with van der Waals surface area (Å²) >= 11 is 1.31. The Bertz CT molecular complexity index is 581. The van der Waals surface area contributed by atoms with Gasteiger partial charge in [-0.25, -0.2) is 4.79 Å². The summed E-state index contributed by atoms with van der Waals surface area (Å²) in [6, 6.07) is 1.38. The fourth-order valence-corrected chi connectivity index (χ4v) is 3.52. The number of carbonyl (C=O) groups is 2. The van der Waals surface area contributed by atoms with Gasteiger partial charge in [0.05, 0.1) is 0 Å². The molecule has 0 radical (unpaired) electrons. The zero-order valence-corrected chi connectivity index (χ0v) is 16.6. The predicted molar refractivity (Wildman–Crippen MR) is 99.9 cm³/mol. The third-order valence-corrected chi connectivity index (χ3v) is 4.69. The van der Waals surface area contributed by atoms with Gasteiger partial charge in [-0.3, -0.25) is 9.69 Å². The molecular weight excluding hydrogens is 338 g/mol. The number of hydrogen-bond donors (Lipinski definition) is 0. The molecule has 0 aliphatic carbocycles. The predicted octanol–water partition coefficient (Wildman–Crippen LogP) is 3.92. The SMILES string of the molecule is CC(C)CN(C(=O)C1CCCCN1C(=O)OC(C)(C)C)c1ccns1. The number of nitrogens with zero attached hydrogens (tertiary/aromatic N) is 3. The molecule has 1 aliphatic heterocycles. The van der Waals surface area contributed by atoms with E-state index in [1.165, 1.54) is 11.5 Å². The van der Waals surface area contributed by atoms with E-state index in [1.54, 1.807) is 16.0 Å². The van der Waals surface area contributed by atoms with E-state index in [0.29, 0.717) is 25.4 Å². The van der Waals surface area contributed by atoms with Gasteiger partial charge in [-0.2, -0.15) is 4.37 Å². The van der Waals surface area contributed by atoms with Crippen molar-refractivity contribution in [2.24, 2.45) is 5.92 Å². The zero-order chi connectivity index (χ0) is 18.6. The Morgan fingerprint density at radius 1 is 1.40 bits per heavy atom. The lowest BCUT2D eigenvalue weighted by atomic mass is 10.0. The Morgan fingerprint density at radius 3 is 2.68 bits per heavy atom. The number of hydrogen-bond acceptors (Lipinski definition) is 5. The molecule has 0 N–H and O–H groups in total. The first-order valence-electron chi connectivity index (χ1n) is 8.90. The summed E-state index contributed by atoms with van der Waals surface area (Å²) in [4.78, 5) is 29.2. The van der Waals surface area contributed by atoms with Crippen LogP contribution in [0.1, 0.15) is 53.9 Å². The zero-order valence-electron chi connectivity index (χ0n) is 15.8. The highest BCUT2D eigenvalue weighted by molar-refractivity contribution is 7.10. The second-order valence-corrected chi connectivity index (χ2v) is 8.69. The summed E-state index contributed by atoms with van der Waals surface area (Å²) in [6.07, 6.45) is 3.81. The van der Waals surface area contributed by atoms with Crippen molar-refractivity contribution >= 4 is 28.5 Å². The van der Waals surface area contributed by atoms with Gasteiger partial charge < -0.3 is 9.64 Å². The molecule has 1 aromatic rings. The highest BCUT2D eigenvalue weighted by atomic mass is 32.1. The van der Waals surface area contributed by atoms with E-state index in [4.69, 9.17) is 4.74 Å². The van der Waals surface area contributed by atoms with Crippen LogP contribution in [0.25, 0.3) is 0 Å². The Balaban J connectivity index is 2.21. The van der Waals surface area contributed by atoms with Gasteiger partial charge in [0.2, 0.25) is 0 Å². The van der Waals surface area contributed by atoms with Crippen molar-refractivity contribution in [3.05, 3.63) is 12.3 Å². The number of ether oxygens (including phenoxy) is 1. The molecule has 1 fully saturated rings. The van der Waals surface area contributed by atoms with Crippen LogP contribution in [-0.2, 0) is 9.53 Å². The maximum atomic E-state index is 13.3. The van der Waals surface area contributed by atoms with E-state index in [1.807, 2.05) is 26.8 Å². The lowest BCUT2D eigenvalue weighted by molar-refractivity contribution is -0.125. The highest BCUT2D eigenvalue weighted by Gasteiger charge is 2.37. The Labute approximate surface area is 154 Å². The second kappa shape index (κ2) is 8.17. The molecule has 2 amide bonds. The van der Waals surface area contributed by atoms with Gasteiger partial charge in [0.1, 0.15) is 16.6 Å². The number of piperidine rings is 1. The molecule has 1 unspecified atom stereocenters. The normalized spacial score (nSPS) is 18.3. The van der Waals surface area contributed by atoms with Crippen LogP contribution >= 0.6 is 11.5 Å². The molecule has 140 valence electrons. The van der Waals surface area contributed by atoms with Crippen LogP contribution in [0.2, 0.25) is 0 Å². The molecule has 2 heterocycles. The van der Waals surface area contributed by atoms with Crippen LogP contribution in [0, 0.1) is 5.92 Å². The number of rotatable bonds is 4. The average molecular weight is 368 g/mol. The van der Waals surface area contributed by atoms with Crippen LogP contribution < -0.4 is 4.90 Å². The Morgan fingerprint density at radius 2 is 2.12 bits per heavy atom. The number of aromatic nitrogens is 1. The fraction of sp³-hybridized carbons (Fsp3) is 0.722. The van der Waals surface area contributed by atoms with Crippen LogP contribution in [0.5, 0.6) is 0 Å². The van der Waals surface area contributed by atoms with Crippen LogP contribution in [0.3, 0.4) is 0 Å². The first kappa shape index (κ1) is 19.7. The molecule has 0 bridgehead atoms. The summed E-state index contributed by atoms with van der Waals surface area (Å²) in [6.45, 7) is 10.8. The molecule has 7 heteroatoms. The number of likely N-dealkylation sites (tertiary alicyclic amines) is 1. The van der Waals surface area contributed by atoms with Gasteiger partial charge in [0, 0.05) is 19.3 Å². The Kier molecular flexibility index (Phi) is 6.43. The summed E-state index contributed by atoms with van der Waals surface area (Å²) in [7, 11) is 0. The number of carbonyl (C=O) groups excluding carboxylic acids is 2. The average Bonchev–Trinajstić information content (AvgIpc) is 3.04. The lowest BCUT2D eigenvalue weighted by Gasteiger charge is -2.38. The van der Waals surface area contributed by atoms with E-state index in [2.05, 4.69) is 18.2 Å². The first-order valence-corrected chi connectivity index (χ1v) is 9.68. The maximum Gasteiger partial charge on any atom is 0.410 e. The first-order chi connectivity index (χ1) is 11.7. The molecule has 6 nitrogen and oxygen atoms in total. The summed E-state index contributed by atoms with van der Waals surface area (Å²) in [5.41, 5.74) is -0.572. The molecular formula is C18H29N3O3S. The molecule has 1 saturated heterocycles. The molecule has 25 heavy (non-hydrogen) atoms. The van der Waals surface area contributed by atoms with Gasteiger partial charge in [-0.05, 0) is 63.6 Å². The summed E-state index contributed by atoms with van der Waals surface area (Å²) in [5, 5.41) is 0.827.